The minimum absolute atomic E-state index is 0.214. The smallest absolute Gasteiger partial charge is 0.294 e. The summed E-state index contributed by atoms with van der Waals surface area (Å²) in [6, 6.07) is 20.1. The van der Waals surface area contributed by atoms with Crippen molar-refractivity contribution in [1.29, 1.82) is 0 Å². The Hall–Kier alpha value is -3.75. The van der Waals surface area contributed by atoms with E-state index in [1.54, 1.807) is 48.5 Å². The van der Waals surface area contributed by atoms with Crippen molar-refractivity contribution in [1.82, 2.24) is 4.90 Å². The summed E-state index contributed by atoms with van der Waals surface area (Å²) in [7, 11) is 0. The molecule has 0 spiro atoms. The predicted octanol–water partition coefficient (Wildman–Crippen LogP) is 6.30. The number of imide groups is 1. The molecule has 1 heterocycles. The number of nitrogens with one attached hydrogen (secondary N) is 1. The summed E-state index contributed by atoms with van der Waals surface area (Å²) < 4.78 is 11.7. The zero-order valence-electron chi connectivity index (χ0n) is 20.3. The fourth-order valence-corrected chi connectivity index (χ4v) is 4.55. The number of halogens is 1. The Balaban J connectivity index is 1.45. The van der Waals surface area contributed by atoms with Crippen LogP contribution in [-0.2, 0) is 16.2 Å². The Labute approximate surface area is 224 Å². The summed E-state index contributed by atoms with van der Waals surface area (Å²) in [6.45, 7) is 4.30. The van der Waals surface area contributed by atoms with E-state index in [0.717, 1.165) is 22.2 Å². The summed E-state index contributed by atoms with van der Waals surface area (Å²) in [5, 5.41) is 2.46. The second-order valence-corrected chi connectivity index (χ2v) is 9.61. The first kappa shape index (κ1) is 26.3. The molecule has 37 heavy (non-hydrogen) atoms. The fourth-order valence-electron chi connectivity index (χ4n) is 3.53. The van der Waals surface area contributed by atoms with Crippen molar-refractivity contribution in [2.75, 3.05) is 18.5 Å². The topological polar surface area (TPSA) is 84.9 Å². The Morgan fingerprint density at radius 2 is 1.78 bits per heavy atom. The quantitative estimate of drug-likeness (QED) is 0.323. The summed E-state index contributed by atoms with van der Waals surface area (Å²) in [5.41, 5.74) is 3.28. The van der Waals surface area contributed by atoms with Crippen LogP contribution >= 0.6 is 23.4 Å². The Kier molecular flexibility index (Phi) is 8.53. The monoisotopic (exact) mass is 536 g/mol. The van der Waals surface area contributed by atoms with Crippen molar-refractivity contribution in [2.24, 2.45) is 0 Å². The van der Waals surface area contributed by atoms with Crippen molar-refractivity contribution < 1.29 is 23.9 Å². The molecule has 0 aliphatic carbocycles. The van der Waals surface area contributed by atoms with Crippen molar-refractivity contribution >= 4 is 52.2 Å². The fraction of sp³-hybridized carbons (Fsp3) is 0.179. The molecular weight excluding hydrogens is 512 g/mol. The zero-order chi connectivity index (χ0) is 26.4. The highest BCUT2D eigenvalue weighted by Crippen LogP contribution is 2.35. The van der Waals surface area contributed by atoms with Crippen molar-refractivity contribution in [3.05, 3.63) is 93.3 Å². The van der Waals surface area contributed by atoms with Crippen molar-refractivity contribution in [2.45, 2.75) is 20.5 Å². The molecule has 3 aromatic rings. The molecule has 0 radical (unpaired) electrons. The van der Waals surface area contributed by atoms with Gasteiger partial charge in [0.25, 0.3) is 11.1 Å². The van der Waals surface area contributed by atoms with Gasteiger partial charge in [-0.3, -0.25) is 19.3 Å². The predicted molar refractivity (Wildman–Crippen MR) is 146 cm³/mol. The van der Waals surface area contributed by atoms with Crippen LogP contribution < -0.4 is 14.8 Å². The van der Waals surface area contributed by atoms with Crippen molar-refractivity contribution in [3.8, 4) is 11.5 Å². The lowest BCUT2D eigenvalue weighted by molar-refractivity contribution is -0.127. The van der Waals surface area contributed by atoms with Gasteiger partial charge in [0.2, 0.25) is 5.91 Å². The lowest BCUT2D eigenvalue weighted by atomic mass is 10.1. The average Bonchev–Trinajstić information content (AvgIpc) is 3.13. The number of benzene rings is 3. The molecule has 0 unspecified atom stereocenters. The molecule has 1 aliphatic heterocycles. The highest BCUT2D eigenvalue weighted by molar-refractivity contribution is 8.18. The maximum Gasteiger partial charge on any atom is 0.294 e. The molecule has 190 valence electrons. The maximum atomic E-state index is 12.9. The Morgan fingerprint density at radius 1 is 1.03 bits per heavy atom. The standard InChI is InChI=1S/C28H25ClN2O5S/c1-3-35-24-14-20(12-13-23(24)36-17-19-10-8-18(2)9-11-19)15-25-27(33)31(28(34)37-25)16-26(32)30-22-7-5-4-6-21(22)29/h4-15H,3,16-17H2,1-2H3,(H,30,32)/b25-15+. The van der Waals surface area contributed by atoms with Crippen LogP contribution in [-0.4, -0.2) is 35.1 Å². The van der Waals surface area contributed by atoms with Gasteiger partial charge in [0.05, 0.1) is 22.2 Å². The first-order valence-electron chi connectivity index (χ1n) is 11.6. The van der Waals surface area contributed by atoms with E-state index < -0.39 is 23.6 Å². The molecule has 1 aliphatic rings. The molecule has 1 N–H and O–H groups in total. The number of nitrogens with zero attached hydrogens (tertiary/aromatic N) is 1. The molecule has 4 rings (SSSR count). The minimum Gasteiger partial charge on any atom is -0.490 e. The van der Waals surface area contributed by atoms with Crippen LogP contribution in [0.2, 0.25) is 5.02 Å². The number of amides is 3. The molecule has 9 heteroatoms. The molecule has 0 bridgehead atoms. The van der Waals surface area contributed by atoms with Crippen LogP contribution in [0.1, 0.15) is 23.6 Å². The number of carbonyl (C=O) groups excluding carboxylic acids is 3. The SMILES string of the molecule is CCOc1cc(/C=C2/SC(=O)N(CC(=O)Nc3ccccc3Cl)C2=O)ccc1OCc1ccc(C)cc1. The van der Waals surface area contributed by atoms with Gasteiger partial charge < -0.3 is 14.8 Å². The van der Waals surface area contributed by atoms with Crippen LogP contribution in [0.25, 0.3) is 6.08 Å². The highest BCUT2D eigenvalue weighted by atomic mass is 35.5. The van der Waals surface area contributed by atoms with Gasteiger partial charge in [0.1, 0.15) is 13.2 Å². The number of carbonyl (C=O) groups is 3. The number of rotatable bonds is 9. The van der Waals surface area contributed by atoms with Crippen LogP contribution in [0.3, 0.4) is 0 Å². The number of hydrogen-bond donors (Lipinski definition) is 1. The van der Waals surface area contributed by atoms with Gasteiger partial charge in [0.15, 0.2) is 11.5 Å². The van der Waals surface area contributed by atoms with E-state index in [2.05, 4.69) is 5.32 Å². The van der Waals surface area contributed by atoms with E-state index in [4.69, 9.17) is 21.1 Å². The van der Waals surface area contributed by atoms with Gasteiger partial charge in [-0.25, -0.2) is 0 Å². The molecule has 0 saturated carbocycles. The molecule has 0 aromatic heterocycles. The molecule has 3 amide bonds. The number of ether oxygens (including phenoxy) is 2. The third-order valence-electron chi connectivity index (χ3n) is 5.40. The molecule has 1 saturated heterocycles. The molecular formula is C28H25ClN2O5S. The molecule has 3 aromatic carbocycles. The zero-order valence-corrected chi connectivity index (χ0v) is 21.9. The summed E-state index contributed by atoms with van der Waals surface area (Å²) in [6.07, 6.45) is 1.60. The minimum atomic E-state index is -0.540. The first-order valence-corrected chi connectivity index (χ1v) is 12.8. The molecule has 0 atom stereocenters. The number of para-hydroxylation sites is 1. The number of aryl methyl sites for hydroxylation is 1. The summed E-state index contributed by atoms with van der Waals surface area (Å²) in [5.74, 6) is 0.0398. The normalized spacial score (nSPS) is 14.2. The van der Waals surface area contributed by atoms with Crippen LogP contribution in [0, 0.1) is 6.92 Å². The van der Waals surface area contributed by atoms with E-state index in [1.165, 1.54) is 5.56 Å². The third-order valence-corrected chi connectivity index (χ3v) is 6.64. The van der Waals surface area contributed by atoms with Gasteiger partial charge >= 0.3 is 0 Å². The molecule has 1 fully saturated rings. The average molecular weight is 537 g/mol. The highest BCUT2D eigenvalue weighted by Gasteiger charge is 2.36. The van der Waals surface area contributed by atoms with Gasteiger partial charge in [-0.15, -0.1) is 0 Å². The van der Waals surface area contributed by atoms with Crippen LogP contribution in [0.15, 0.2) is 71.6 Å². The van der Waals surface area contributed by atoms with E-state index >= 15 is 0 Å². The molecule has 7 nitrogen and oxygen atoms in total. The Morgan fingerprint density at radius 3 is 2.51 bits per heavy atom. The number of thioether (sulfide) groups is 1. The van der Waals surface area contributed by atoms with Crippen LogP contribution in [0.4, 0.5) is 10.5 Å². The van der Waals surface area contributed by atoms with E-state index in [1.807, 2.05) is 38.1 Å². The second kappa shape index (κ2) is 12.0. The lowest BCUT2D eigenvalue weighted by Crippen LogP contribution is -2.36. The summed E-state index contributed by atoms with van der Waals surface area (Å²) >= 11 is 6.84. The number of anilines is 1. The Bertz CT molecular complexity index is 1360. The second-order valence-electron chi connectivity index (χ2n) is 8.21. The van der Waals surface area contributed by atoms with Crippen molar-refractivity contribution in [3.63, 3.8) is 0 Å². The summed E-state index contributed by atoms with van der Waals surface area (Å²) in [4.78, 5) is 38.9. The van der Waals surface area contributed by atoms with Gasteiger partial charge in [-0.05, 0) is 67.1 Å². The third kappa shape index (κ3) is 6.72. The maximum absolute atomic E-state index is 12.9. The first-order chi connectivity index (χ1) is 17.8. The van der Waals surface area contributed by atoms with Gasteiger partial charge in [-0.2, -0.15) is 0 Å². The lowest BCUT2D eigenvalue weighted by Gasteiger charge is -2.13. The van der Waals surface area contributed by atoms with E-state index in [0.29, 0.717) is 41.0 Å². The number of hydrogen-bond acceptors (Lipinski definition) is 6. The van der Waals surface area contributed by atoms with Crippen LogP contribution in [0.5, 0.6) is 11.5 Å². The van der Waals surface area contributed by atoms with Gasteiger partial charge in [-0.1, -0.05) is 59.6 Å². The van der Waals surface area contributed by atoms with Gasteiger partial charge in [0, 0.05) is 0 Å². The largest absolute Gasteiger partial charge is 0.490 e. The van der Waals surface area contributed by atoms with E-state index in [-0.39, 0.29) is 4.91 Å². The van der Waals surface area contributed by atoms with E-state index in [9.17, 15) is 14.4 Å².